The molecule has 1 heterocycles. The van der Waals surface area contributed by atoms with Crippen LogP contribution in [0.1, 0.15) is 70.3 Å². The molecule has 1 fully saturated rings. The van der Waals surface area contributed by atoms with Gasteiger partial charge in [0.15, 0.2) is 0 Å². The zero-order valence-corrected chi connectivity index (χ0v) is 18.7. The number of carbonyl (C=O) groups excluding carboxylic acids is 1. The lowest BCUT2D eigenvalue weighted by atomic mass is 10.1. The lowest BCUT2D eigenvalue weighted by Crippen LogP contribution is -2.32. The predicted molar refractivity (Wildman–Crippen MR) is 120 cm³/mol. The van der Waals surface area contributed by atoms with Crippen molar-refractivity contribution in [2.45, 2.75) is 83.3 Å². The zero-order chi connectivity index (χ0) is 22.5. The number of carboxylic acids is 1. The van der Waals surface area contributed by atoms with Crippen LogP contribution in [0.2, 0.25) is 0 Å². The number of aliphatic hydroxyl groups is 1. The summed E-state index contributed by atoms with van der Waals surface area (Å²) in [6.45, 7) is 3.55. The lowest BCUT2D eigenvalue weighted by Gasteiger charge is -2.18. The van der Waals surface area contributed by atoms with E-state index in [1.807, 2.05) is 12.1 Å². The zero-order valence-electron chi connectivity index (χ0n) is 18.7. The first-order valence-corrected chi connectivity index (χ1v) is 11.6. The summed E-state index contributed by atoms with van der Waals surface area (Å²) < 4.78 is 5.68. The Labute approximate surface area is 185 Å². The van der Waals surface area contributed by atoms with Crippen molar-refractivity contribution in [3.05, 3.63) is 29.8 Å². The number of ether oxygens (including phenoxy) is 1. The molecule has 2 unspecified atom stereocenters. The standard InChI is InChI=1S/C24H38N2O5/c1-2-3-8-19-11-13-22(14-12-19)31-18-21(27)15-16-26-17-20(25-24(26)30)9-6-4-5-7-10-23(28)29/h11-14,20-21,27H,2-10,15-18H2,1H3,(H,25,30)(H,28,29). The highest BCUT2D eigenvalue weighted by Gasteiger charge is 2.28. The topological polar surface area (TPSA) is 99.1 Å². The highest BCUT2D eigenvalue weighted by molar-refractivity contribution is 5.76. The first kappa shape index (κ1) is 25.0. The molecule has 174 valence electrons. The minimum Gasteiger partial charge on any atom is -0.491 e. The van der Waals surface area contributed by atoms with Crippen molar-refractivity contribution in [1.29, 1.82) is 0 Å². The number of unbranched alkanes of at least 4 members (excludes halogenated alkanes) is 4. The Morgan fingerprint density at radius 1 is 1.19 bits per heavy atom. The Kier molecular flexibility index (Phi) is 11.2. The van der Waals surface area contributed by atoms with Gasteiger partial charge in [-0.2, -0.15) is 0 Å². The molecule has 7 nitrogen and oxygen atoms in total. The fourth-order valence-corrected chi connectivity index (χ4v) is 3.75. The van der Waals surface area contributed by atoms with Gasteiger partial charge >= 0.3 is 12.0 Å². The van der Waals surface area contributed by atoms with E-state index < -0.39 is 12.1 Å². The summed E-state index contributed by atoms with van der Waals surface area (Å²) in [5.74, 6) is 0.00762. The maximum absolute atomic E-state index is 12.1. The molecule has 7 heteroatoms. The molecule has 2 amide bonds. The SMILES string of the molecule is CCCCc1ccc(OCC(O)CCN2CC(CCCCCCC(=O)O)NC2=O)cc1. The van der Waals surface area contributed by atoms with E-state index in [1.54, 1.807) is 4.90 Å². The Morgan fingerprint density at radius 2 is 1.94 bits per heavy atom. The minimum absolute atomic E-state index is 0.0772. The van der Waals surface area contributed by atoms with Crippen molar-refractivity contribution < 1.29 is 24.5 Å². The molecule has 3 N–H and O–H groups in total. The highest BCUT2D eigenvalue weighted by atomic mass is 16.5. The monoisotopic (exact) mass is 434 g/mol. The Balaban J connectivity index is 1.58. The second-order valence-corrected chi connectivity index (χ2v) is 8.44. The van der Waals surface area contributed by atoms with Gasteiger partial charge in [-0.25, -0.2) is 4.79 Å². The third-order valence-corrected chi connectivity index (χ3v) is 5.67. The summed E-state index contributed by atoms with van der Waals surface area (Å²) in [6, 6.07) is 8.07. The smallest absolute Gasteiger partial charge is 0.317 e. The van der Waals surface area contributed by atoms with Crippen LogP contribution in [-0.2, 0) is 11.2 Å². The summed E-state index contributed by atoms with van der Waals surface area (Å²) in [6.07, 6.45) is 7.98. The number of benzene rings is 1. The van der Waals surface area contributed by atoms with E-state index in [9.17, 15) is 14.7 Å². The maximum atomic E-state index is 12.1. The predicted octanol–water partition coefficient (Wildman–Crippen LogP) is 3.98. The number of nitrogens with zero attached hydrogens (tertiary/aromatic N) is 1. The van der Waals surface area contributed by atoms with Gasteiger partial charge < -0.3 is 25.2 Å². The number of urea groups is 1. The van der Waals surface area contributed by atoms with Gasteiger partial charge in [0.25, 0.3) is 0 Å². The van der Waals surface area contributed by atoms with Gasteiger partial charge in [0, 0.05) is 25.6 Å². The number of aliphatic carboxylic acids is 1. The number of hydrogen-bond acceptors (Lipinski definition) is 4. The van der Waals surface area contributed by atoms with Gasteiger partial charge in [-0.1, -0.05) is 44.7 Å². The number of rotatable bonds is 16. The van der Waals surface area contributed by atoms with E-state index in [4.69, 9.17) is 9.84 Å². The highest BCUT2D eigenvalue weighted by Crippen LogP contribution is 2.16. The van der Waals surface area contributed by atoms with Crippen molar-refractivity contribution in [2.75, 3.05) is 19.7 Å². The summed E-state index contributed by atoms with van der Waals surface area (Å²) in [7, 11) is 0. The molecule has 1 saturated heterocycles. The van der Waals surface area contributed by atoms with Crippen molar-refractivity contribution in [2.24, 2.45) is 0 Å². The van der Waals surface area contributed by atoms with Crippen LogP contribution in [0.25, 0.3) is 0 Å². The molecular formula is C24H38N2O5. The third kappa shape index (κ3) is 10.0. The summed E-state index contributed by atoms with van der Waals surface area (Å²) in [5, 5.41) is 21.9. The number of carboxylic acid groups (broad SMARTS) is 1. The van der Waals surface area contributed by atoms with Crippen LogP contribution >= 0.6 is 0 Å². The van der Waals surface area contributed by atoms with Crippen LogP contribution in [0.3, 0.4) is 0 Å². The van der Waals surface area contributed by atoms with Gasteiger partial charge in [0.1, 0.15) is 12.4 Å². The van der Waals surface area contributed by atoms with Gasteiger partial charge in [-0.05, 0) is 49.8 Å². The third-order valence-electron chi connectivity index (χ3n) is 5.67. The summed E-state index contributed by atoms with van der Waals surface area (Å²) >= 11 is 0. The Morgan fingerprint density at radius 3 is 2.65 bits per heavy atom. The number of carbonyl (C=O) groups is 2. The second-order valence-electron chi connectivity index (χ2n) is 8.44. The molecule has 1 aromatic rings. The first-order chi connectivity index (χ1) is 15.0. The number of hydrogen-bond donors (Lipinski definition) is 3. The van der Waals surface area contributed by atoms with Crippen molar-refractivity contribution in [3.8, 4) is 5.75 Å². The van der Waals surface area contributed by atoms with Gasteiger partial charge in [-0.3, -0.25) is 4.79 Å². The van der Waals surface area contributed by atoms with E-state index >= 15 is 0 Å². The Bertz CT molecular complexity index is 664. The second kappa shape index (κ2) is 13.9. The molecule has 0 aromatic heterocycles. The molecular weight excluding hydrogens is 396 g/mol. The molecule has 31 heavy (non-hydrogen) atoms. The van der Waals surface area contributed by atoms with Crippen molar-refractivity contribution in [3.63, 3.8) is 0 Å². The van der Waals surface area contributed by atoms with Gasteiger partial charge in [-0.15, -0.1) is 0 Å². The fraction of sp³-hybridized carbons (Fsp3) is 0.667. The van der Waals surface area contributed by atoms with E-state index in [0.717, 1.165) is 37.9 Å². The molecule has 0 spiro atoms. The van der Waals surface area contributed by atoms with Crippen LogP contribution in [0.4, 0.5) is 4.79 Å². The van der Waals surface area contributed by atoms with Crippen LogP contribution in [0.5, 0.6) is 5.75 Å². The quantitative estimate of drug-likeness (QED) is 0.342. The minimum atomic E-state index is -0.744. The maximum Gasteiger partial charge on any atom is 0.317 e. The van der Waals surface area contributed by atoms with Crippen LogP contribution < -0.4 is 10.1 Å². The number of amides is 2. The number of aryl methyl sites for hydroxylation is 1. The molecule has 1 aromatic carbocycles. The molecule has 0 radical (unpaired) electrons. The number of aliphatic hydroxyl groups excluding tert-OH is 1. The van der Waals surface area contributed by atoms with Crippen molar-refractivity contribution >= 4 is 12.0 Å². The normalized spacial score (nSPS) is 16.9. The van der Waals surface area contributed by atoms with E-state index in [2.05, 4.69) is 24.4 Å². The van der Waals surface area contributed by atoms with E-state index in [1.165, 1.54) is 18.4 Å². The van der Waals surface area contributed by atoms with Crippen LogP contribution in [0.15, 0.2) is 24.3 Å². The molecule has 2 rings (SSSR count). The van der Waals surface area contributed by atoms with E-state index in [0.29, 0.717) is 25.9 Å². The largest absolute Gasteiger partial charge is 0.491 e. The van der Waals surface area contributed by atoms with Gasteiger partial charge in [0.2, 0.25) is 0 Å². The molecule has 1 aliphatic rings. The molecule has 0 aliphatic carbocycles. The van der Waals surface area contributed by atoms with E-state index in [-0.39, 0.29) is 25.1 Å². The molecule has 2 atom stereocenters. The number of nitrogens with one attached hydrogen (secondary N) is 1. The van der Waals surface area contributed by atoms with Crippen LogP contribution in [-0.4, -0.2) is 59.0 Å². The van der Waals surface area contributed by atoms with Crippen molar-refractivity contribution in [1.82, 2.24) is 10.2 Å². The van der Waals surface area contributed by atoms with Crippen LogP contribution in [0, 0.1) is 0 Å². The first-order valence-electron chi connectivity index (χ1n) is 11.6. The fourth-order valence-electron chi connectivity index (χ4n) is 3.75. The lowest BCUT2D eigenvalue weighted by molar-refractivity contribution is -0.137. The summed E-state index contributed by atoms with van der Waals surface area (Å²) in [4.78, 5) is 24.4. The molecule has 0 bridgehead atoms. The average Bonchev–Trinajstić information content (AvgIpc) is 3.11. The summed E-state index contributed by atoms with van der Waals surface area (Å²) in [5.41, 5.74) is 1.30. The van der Waals surface area contributed by atoms with Gasteiger partial charge in [0.05, 0.1) is 6.10 Å². The molecule has 1 aliphatic heterocycles. The average molecular weight is 435 g/mol. The Hall–Kier alpha value is -2.28. The molecule has 0 saturated carbocycles.